The number of carbonyl (C=O) groups excluding carboxylic acids is 1. The number of urea groups is 1. The van der Waals surface area contributed by atoms with Crippen molar-refractivity contribution in [1.29, 1.82) is 0 Å². The van der Waals surface area contributed by atoms with Gasteiger partial charge in [0.25, 0.3) is 0 Å². The van der Waals surface area contributed by atoms with Crippen LogP contribution in [0.1, 0.15) is 20.3 Å². The summed E-state index contributed by atoms with van der Waals surface area (Å²) in [5, 5.41) is 9.22. The first-order valence-corrected chi connectivity index (χ1v) is 6.93. The van der Waals surface area contributed by atoms with Gasteiger partial charge in [-0.1, -0.05) is 12.1 Å². The van der Waals surface area contributed by atoms with Gasteiger partial charge in [0.2, 0.25) is 0 Å². The Morgan fingerprint density at radius 2 is 2.10 bits per heavy atom. The molecule has 1 atom stereocenters. The van der Waals surface area contributed by atoms with Crippen LogP contribution in [0.4, 0.5) is 14.9 Å². The van der Waals surface area contributed by atoms with Crippen molar-refractivity contribution in [3.8, 4) is 0 Å². The second kappa shape index (κ2) is 5.71. The Kier molecular flexibility index (Phi) is 4.16. The van der Waals surface area contributed by atoms with Crippen LogP contribution in [-0.2, 0) is 4.79 Å². The normalized spacial score (nSPS) is 21.4. The van der Waals surface area contributed by atoms with Gasteiger partial charge in [-0.2, -0.15) is 0 Å². The van der Waals surface area contributed by atoms with E-state index in [1.165, 1.54) is 15.9 Å². The molecule has 1 fully saturated rings. The molecule has 1 saturated heterocycles. The summed E-state index contributed by atoms with van der Waals surface area (Å²) < 4.78 is 13.8. The Labute approximate surface area is 123 Å². The summed E-state index contributed by atoms with van der Waals surface area (Å²) in [5.74, 6) is -1.38. The molecule has 1 aromatic rings. The van der Waals surface area contributed by atoms with E-state index in [-0.39, 0.29) is 18.3 Å². The van der Waals surface area contributed by atoms with Gasteiger partial charge in [0.15, 0.2) is 0 Å². The summed E-state index contributed by atoms with van der Waals surface area (Å²) in [6, 6.07) is 5.72. The monoisotopic (exact) mass is 294 g/mol. The van der Waals surface area contributed by atoms with Gasteiger partial charge in [0, 0.05) is 19.6 Å². The van der Waals surface area contributed by atoms with Gasteiger partial charge in [-0.3, -0.25) is 9.69 Å². The fraction of sp³-hybridized carbons (Fsp3) is 0.467. The quantitative estimate of drug-likeness (QED) is 0.932. The summed E-state index contributed by atoms with van der Waals surface area (Å²) in [7, 11) is 0. The standard InChI is InChI=1S/C15H19FN2O3/c1-3-18(12-7-5-4-6-11(12)16)14(21)17-9-8-15(2,10-17)13(19)20/h4-7H,3,8-10H2,1-2H3,(H,19,20). The first-order chi connectivity index (χ1) is 9.89. The number of carboxylic acid groups (broad SMARTS) is 1. The van der Waals surface area contributed by atoms with Gasteiger partial charge < -0.3 is 10.0 Å². The van der Waals surface area contributed by atoms with E-state index in [0.717, 1.165) is 0 Å². The van der Waals surface area contributed by atoms with Gasteiger partial charge in [-0.15, -0.1) is 0 Å². The fourth-order valence-electron chi connectivity index (χ4n) is 2.55. The smallest absolute Gasteiger partial charge is 0.324 e. The van der Waals surface area contributed by atoms with Crippen LogP contribution >= 0.6 is 0 Å². The second-order valence-corrected chi connectivity index (χ2v) is 5.52. The van der Waals surface area contributed by atoms with E-state index in [4.69, 9.17) is 0 Å². The highest BCUT2D eigenvalue weighted by Crippen LogP contribution is 2.31. The molecule has 0 spiro atoms. The topological polar surface area (TPSA) is 60.9 Å². The lowest BCUT2D eigenvalue weighted by molar-refractivity contribution is -0.146. The summed E-state index contributed by atoms with van der Waals surface area (Å²) >= 11 is 0. The number of carboxylic acids is 1. The van der Waals surface area contributed by atoms with E-state index in [9.17, 15) is 19.1 Å². The Bertz CT molecular complexity index is 564. The lowest BCUT2D eigenvalue weighted by Gasteiger charge is -2.28. The van der Waals surface area contributed by atoms with Crippen molar-refractivity contribution in [2.45, 2.75) is 20.3 Å². The summed E-state index contributed by atoms with van der Waals surface area (Å²) in [5.41, 5.74) is -0.710. The number of aliphatic carboxylic acids is 1. The van der Waals surface area contributed by atoms with Gasteiger partial charge in [0.05, 0.1) is 11.1 Å². The van der Waals surface area contributed by atoms with E-state index in [0.29, 0.717) is 19.5 Å². The molecule has 2 rings (SSSR count). The lowest BCUT2D eigenvalue weighted by Crippen LogP contribution is -2.44. The molecule has 5 nitrogen and oxygen atoms in total. The number of carbonyl (C=O) groups is 2. The molecule has 1 aromatic carbocycles. The minimum Gasteiger partial charge on any atom is -0.481 e. The van der Waals surface area contributed by atoms with Crippen molar-refractivity contribution in [2.24, 2.45) is 5.41 Å². The van der Waals surface area contributed by atoms with E-state index < -0.39 is 17.2 Å². The molecule has 0 radical (unpaired) electrons. The van der Waals surface area contributed by atoms with Crippen molar-refractivity contribution in [3.05, 3.63) is 30.1 Å². The molecule has 0 bridgehead atoms. The molecule has 0 aliphatic carbocycles. The highest BCUT2D eigenvalue weighted by Gasteiger charge is 2.43. The van der Waals surface area contributed by atoms with Gasteiger partial charge in [-0.05, 0) is 32.4 Å². The number of hydrogen-bond donors (Lipinski definition) is 1. The van der Waals surface area contributed by atoms with Crippen LogP contribution in [0.3, 0.4) is 0 Å². The van der Waals surface area contributed by atoms with E-state index >= 15 is 0 Å². The van der Waals surface area contributed by atoms with Crippen LogP contribution in [0.2, 0.25) is 0 Å². The number of amides is 2. The number of para-hydroxylation sites is 1. The molecular formula is C15H19FN2O3. The Balaban J connectivity index is 2.19. The third-order valence-corrected chi connectivity index (χ3v) is 3.95. The van der Waals surface area contributed by atoms with E-state index in [1.807, 2.05) is 0 Å². The molecule has 1 aliphatic rings. The Morgan fingerprint density at radius 1 is 1.43 bits per heavy atom. The van der Waals surface area contributed by atoms with Gasteiger partial charge >= 0.3 is 12.0 Å². The molecule has 114 valence electrons. The third kappa shape index (κ3) is 2.84. The minimum atomic E-state index is -0.926. The van der Waals surface area contributed by atoms with Crippen LogP contribution in [0, 0.1) is 11.2 Å². The lowest BCUT2D eigenvalue weighted by atomic mass is 9.90. The second-order valence-electron chi connectivity index (χ2n) is 5.52. The van der Waals surface area contributed by atoms with Gasteiger partial charge in [0.1, 0.15) is 5.82 Å². The van der Waals surface area contributed by atoms with Gasteiger partial charge in [-0.25, -0.2) is 9.18 Å². The minimum absolute atomic E-state index is 0.145. The highest BCUT2D eigenvalue weighted by atomic mass is 19.1. The summed E-state index contributed by atoms with van der Waals surface area (Å²) in [6.07, 6.45) is 0.406. The molecule has 1 unspecified atom stereocenters. The largest absolute Gasteiger partial charge is 0.481 e. The van der Waals surface area contributed by atoms with Crippen LogP contribution in [0.5, 0.6) is 0 Å². The number of halogens is 1. The average Bonchev–Trinajstić information content (AvgIpc) is 2.85. The van der Waals surface area contributed by atoms with E-state index in [1.54, 1.807) is 32.0 Å². The molecule has 2 amide bonds. The van der Waals surface area contributed by atoms with Crippen LogP contribution < -0.4 is 4.90 Å². The maximum absolute atomic E-state index is 13.8. The zero-order chi connectivity index (χ0) is 15.6. The highest BCUT2D eigenvalue weighted by molar-refractivity contribution is 5.93. The average molecular weight is 294 g/mol. The number of nitrogens with zero attached hydrogens (tertiary/aromatic N) is 2. The summed E-state index contributed by atoms with van der Waals surface area (Å²) in [6.45, 7) is 4.22. The van der Waals surface area contributed by atoms with Crippen LogP contribution in [-0.4, -0.2) is 41.6 Å². The van der Waals surface area contributed by atoms with Crippen molar-refractivity contribution in [1.82, 2.24) is 4.90 Å². The molecule has 1 aliphatic heterocycles. The number of rotatable bonds is 3. The van der Waals surface area contributed by atoms with Crippen molar-refractivity contribution >= 4 is 17.7 Å². The molecular weight excluding hydrogens is 275 g/mol. The first kappa shape index (κ1) is 15.3. The number of likely N-dealkylation sites (tertiary alicyclic amines) is 1. The number of benzene rings is 1. The molecule has 1 N–H and O–H groups in total. The molecule has 21 heavy (non-hydrogen) atoms. The molecule has 0 aromatic heterocycles. The fourth-order valence-corrected chi connectivity index (χ4v) is 2.55. The zero-order valence-corrected chi connectivity index (χ0v) is 12.2. The van der Waals surface area contributed by atoms with Crippen molar-refractivity contribution < 1.29 is 19.1 Å². The van der Waals surface area contributed by atoms with Crippen LogP contribution in [0.15, 0.2) is 24.3 Å². The van der Waals surface area contributed by atoms with Crippen LogP contribution in [0.25, 0.3) is 0 Å². The van der Waals surface area contributed by atoms with Crippen molar-refractivity contribution in [3.63, 3.8) is 0 Å². The Morgan fingerprint density at radius 3 is 2.62 bits per heavy atom. The summed E-state index contributed by atoms with van der Waals surface area (Å²) in [4.78, 5) is 26.6. The first-order valence-electron chi connectivity index (χ1n) is 6.93. The van der Waals surface area contributed by atoms with Crippen molar-refractivity contribution in [2.75, 3.05) is 24.5 Å². The number of hydrogen-bond acceptors (Lipinski definition) is 2. The predicted molar refractivity (Wildman–Crippen MR) is 76.7 cm³/mol. The molecule has 1 heterocycles. The zero-order valence-electron chi connectivity index (χ0n) is 12.2. The Hall–Kier alpha value is -2.11. The SMILES string of the molecule is CCN(C(=O)N1CCC(C)(C(=O)O)C1)c1ccccc1F. The molecule has 6 heteroatoms. The maximum Gasteiger partial charge on any atom is 0.324 e. The third-order valence-electron chi connectivity index (χ3n) is 3.95. The number of anilines is 1. The van der Waals surface area contributed by atoms with E-state index in [2.05, 4.69) is 0 Å². The maximum atomic E-state index is 13.8. The predicted octanol–water partition coefficient (Wildman–Crippen LogP) is 2.57. The molecule has 0 saturated carbocycles.